The highest BCUT2D eigenvalue weighted by atomic mass is 79.9. The third-order valence-electron chi connectivity index (χ3n) is 3.80. The number of halogens is 1. The molecular weight excluding hydrogens is 404 g/mol. The van der Waals surface area contributed by atoms with E-state index in [1.54, 1.807) is 6.92 Å². The molecule has 0 aliphatic carbocycles. The molecule has 0 radical (unpaired) electrons. The summed E-state index contributed by atoms with van der Waals surface area (Å²) in [7, 11) is 0. The normalized spacial score (nSPS) is 25.6. The molecule has 1 aliphatic heterocycles. The molecule has 4 N–H and O–H groups in total. The van der Waals surface area contributed by atoms with E-state index >= 15 is 0 Å². The van der Waals surface area contributed by atoms with Crippen LogP contribution in [0.5, 0.6) is 0 Å². The summed E-state index contributed by atoms with van der Waals surface area (Å²) in [4.78, 5) is 36.5. The average Bonchev–Trinajstić information content (AvgIpc) is 2.94. The lowest BCUT2D eigenvalue weighted by Crippen LogP contribution is -2.37. The van der Waals surface area contributed by atoms with Crippen LogP contribution >= 0.6 is 15.9 Å². The Hall–Kier alpha value is -1.53. The number of hydrogen-bond acceptors (Lipinski definition) is 8. The van der Waals surface area contributed by atoms with Gasteiger partial charge in [-0.2, -0.15) is 0 Å². The maximum absolute atomic E-state index is 12.0. The van der Waals surface area contributed by atoms with Crippen molar-refractivity contribution in [3.8, 4) is 0 Å². The lowest BCUT2D eigenvalue weighted by Gasteiger charge is -2.19. The molecule has 1 fully saturated rings. The van der Waals surface area contributed by atoms with Gasteiger partial charge in [0.25, 0.3) is 5.56 Å². The van der Waals surface area contributed by atoms with Crippen molar-refractivity contribution in [3.05, 3.63) is 32.6 Å². The minimum absolute atomic E-state index is 0.0162. The Kier molecular flexibility index (Phi) is 6.52. The molecule has 2 heterocycles. The van der Waals surface area contributed by atoms with Crippen LogP contribution in [0, 0.1) is 0 Å². The molecule has 2 rings (SSSR count). The standard InChI is InChI=1S/C14H19BrN2O8/c1-2-24-13(22)10(15)11(20)6-4-17(14(23)16-12(6)21)9-3-7(19)8(5-18)25-9/h4,7-11,18-20H,2-3,5H2,1H3,(H,16,21,23)/t7?,8-,9-,10?,11?/m0/s1. The van der Waals surface area contributed by atoms with E-state index < -0.39 is 53.2 Å². The van der Waals surface area contributed by atoms with Crippen molar-refractivity contribution in [1.82, 2.24) is 9.55 Å². The lowest BCUT2D eigenvalue weighted by molar-refractivity contribution is -0.144. The Balaban J connectivity index is 2.34. The SMILES string of the molecule is CCOC(=O)C(Br)C(O)c1cn([C@@H]2CC(O)[C@H](CO)O2)c(=O)[nH]c1=O. The second-order valence-electron chi connectivity index (χ2n) is 5.46. The molecular formula is C14H19BrN2O8. The molecule has 0 bridgehead atoms. The number of aromatic nitrogens is 2. The minimum atomic E-state index is -1.57. The van der Waals surface area contributed by atoms with Crippen molar-refractivity contribution in [1.29, 1.82) is 0 Å². The number of rotatable bonds is 6. The third-order valence-corrected chi connectivity index (χ3v) is 4.67. The van der Waals surface area contributed by atoms with Crippen LogP contribution in [-0.4, -0.2) is 61.1 Å². The zero-order valence-corrected chi connectivity index (χ0v) is 14.9. The van der Waals surface area contributed by atoms with Crippen molar-refractivity contribution in [2.24, 2.45) is 0 Å². The van der Waals surface area contributed by atoms with Crippen LogP contribution in [0.15, 0.2) is 15.8 Å². The molecule has 1 aromatic heterocycles. The number of carbonyl (C=O) groups excluding carboxylic acids is 1. The first kappa shape index (κ1) is 19.8. The predicted molar refractivity (Wildman–Crippen MR) is 87.3 cm³/mol. The summed E-state index contributed by atoms with van der Waals surface area (Å²) in [5, 5.41) is 29.2. The number of esters is 1. The van der Waals surface area contributed by atoms with E-state index in [0.29, 0.717) is 0 Å². The second kappa shape index (κ2) is 8.23. The summed E-state index contributed by atoms with van der Waals surface area (Å²) < 4.78 is 11.1. The highest BCUT2D eigenvalue weighted by Crippen LogP contribution is 2.28. The number of H-pyrrole nitrogens is 1. The van der Waals surface area contributed by atoms with Crippen molar-refractivity contribution < 1.29 is 29.6 Å². The Labute approximate surface area is 150 Å². The van der Waals surface area contributed by atoms with Crippen LogP contribution < -0.4 is 11.2 Å². The van der Waals surface area contributed by atoms with Gasteiger partial charge in [-0.05, 0) is 6.92 Å². The van der Waals surface area contributed by atoms with Crippen molar-refractivity contribution in [2.45, 2.75) is 42.7 Å². The molecule has 1 aromatic rings. The smallest absolute Gasteiger partial charge is 0.330 e. The van der Waals surface area contributed by atoms with E-state index in [-0.39, 0.29) is 18.6 Å². The first-order valence-corrected chi connectivity index (χ1v) is 8.50. The minimum Gasteiger partial charge on any atom is -0.465 e. The molecule has 1 saturated heterocycles. The van der Waals surface area contributed by atoms with Crippen LogP contribution in [0.2, 0.25) is 0 Å². The summed E-state index contributed by atoms with van der Waals surface area (Å²) in [6, 6.07) is 0. The number of nitrogens with zero attached hydrogens (tertiary/aromatic N) is 1. The molecule has 1 aliphatic rings. The van der Waals surface area contributed by atoms with Crippen molar-refractivity contribution in [3.63, 3.8) is 0 Å². The molecule has 140 valence electrons. The largest absolute Gasteiger partial charge is 0.465 e. The van der Waals surface area contributed by atoms with Crippen LogP contribution in [-0.2, 0) is 14.3 Å². The fraction of sp³-hybridized carbons (Fsp3) is 0.643. The molecule has 11 heteroatoms. The quantitative estimate of drug-likeness (QED) is 0.320. The van der Waals surface area contributed by atoms with Gasteiger partial charge in [-0.3, -0.25) is 19.1 Å². The van der Waals surface area contributed by atoms with Gasteiger partial charge in [0.2, 0.25) is 0 Å². The molecule has 25 heavy (non-hydrogen) atoms. The van der Waals surface area contributed by atoms with Gasteiger partial charge < -0.3 is 24.8 Å². The molecule has 10 nitrogen and oxygen atoms in total. The number of nitrogens with one attached hydrogen (secondary N) is 1. The summed E-state index contributed by atoms with van der Waals surface area (Å²) in [6.45, 7) is 1.26. The number of carbonyl (C=O) groups is 1. The van der Waals surface area contributed by atoms with Gasteiger partial charge in [0.05, 0.1) is 24.9 Å². The predicted octanol–water partition coefficient (Wildman–Crippen LogP) is -1.46. The summed E-state index contributed by atoms with van der Waals surface area (Å²) in [6.07, 6.45) is -3.27. The Morgan fingerprint density at radius 1 is 1.56 bits per heavy atom. The maximum atomic E-state index is 12.0. The van der Waals surface area contributed by atoms with E-state index in [4.69, 9.17) is 14.6 Å². The molecule has 0 spiro atoms. The molecule has 0 saturated carbocycles. The van der Waals surface area contributed by atoms with E-state index in [2.05, 4.69) is 15.9 Å². The number of hydrogen-bond donors (Lipinski definition) is 4. The number of aromatic amines is 1. The van der Waals surface area contributed by atoms with Gasteiger partial charge in [-0.25, -0.2) is 4.79 Å². The Bertz CT molecular complexity index is 732. The van der Waals surface area contributed by atoms with E-state index in [9.17, 15) is 24.6 Å². The van der Waals surface area contributed by atoms with Gasteiger partial charge >= 0.3 is 11.7 Å². The van der Waals surface area contributed by atoms with Gasteiger partial charge in [0.15, 0.2) is 0 Å². The number of aliphatic hydroxyl groups excluding tert-OH is 3. The zero-order chi connectivity index (χ0) is 18.7. The third kappa shape index (κ3) is 4.18. The second-order valence-corrected chi connectivity index (χ2v) is 6.45. The molecule has 0 aromatic carbocycles. The summed E-state index contributed by atoms with van der Waals surface area (Å²) in [5.74, 6) is -0.764. The molecule has 5 atom stereocenters. The van der Waals surface area contributed by atoms with Crippen LogP contribution in [0.3, 0.4) is 0 Å². The first-order chi connectivity index (χ1) is 11.8. The van der Waals surface area contributed by atoms with E-state index in [1.165, 1.54) is 0 Å². The number of ether oxygens (including phenoxy) is 2. The lowest BCUT2D eigenvalue weighted by atomic mass is 10.1. The fourth-order valence-corrected chi connectivity index (χ4v) is 2.90. The summed E-state index contributed by atoms with van der Waals surface area (Å²) in [5.41, 5.74) is -1.92. The Morgan fingerprint density at radius 2 is 2.24 bits per heavy atom. The maximum Gasteiger partial charge on any atom is 0.330 e. The first-order valence-electron chi connectivity index (χ1n) is 7.58. The molecule has 0 amide bonds. The topological polar surface area (TPSA) is 151 Å². The highest BCUT2D eigenvalue weighted by Gasteiger charge is 2.36. The number of alkyl halides is 1. The van der Waals surface area contributed by atoms with Crippen LogP contribution in [0.1, 0.15) is 31.2 Å². The molecule has 3 unspecified atom stereocenters. The highest BCUT2D eigenvalue weighted by molar-refractivity contribution is 9.10. The number of aliphatic hydroxyl groups is 3. The summed E-state index contributed by atoms with van der Waals surface area (Å²) >= 11 is 2.97. The monoisotopic (exact) mass is 422 g/mol. The average molecular weight is 423 g/mol. The fourth-order valence-electron chi connectivity index (χ4n) is 2.48. The van der Waals surface area contributed by atoms with E-state index in [0.717, 1.165) is 10.8 Å². The van der Waals surface area contributed by atoms with Gasteiger partial charge in [0, 0.05) is 12.6 Å². The van der Waals surface area contributed by atoms with E-state index in [1.807, 2.05) is 4.98 Å². The van der Waals surface area contributed by atoms with Crippen molar-refractivity contribution in [2.75, 3.05) is 13.2 Å². The zero-order valence-electron chi connectivity index (χ0n) is 13.3. The van der Waals surface area contributed by atoms with Gasteiger partial charge in [-0.1, -0.05) is 15.9 Å². The van der Waals surface area contributed by atoms with Gasteiger partial charge in [-0.15, -0.1) is 0 Å². The van der Waals surface area contributed by atoms with Crippen LogP contribution in [0.25, 0.3) is 0 Å². The Morgan fingerprint density at radius 3 is 2.80 bits per heavy atom. The van der Waals surface area contributed by atoms with Crippen LogP contribution in [0.4, 0.5) is 0 Å². The van der Waals surface area contributed by atoms with Gasteiger partial charge in [0.1, 0.15) is 23.3 Å². The van der Waals surface area contributed by atoms with Crippen molar-refractivity contribution >= 4 is 21.9 Å².